The molecule has 1 amide bonds. The first kappa shape index (κ1) is 9.34. The van der Waals surface area contributed by atoms with E-state index in [9.17, 15) is 9.90 Å². The topological polar surface area (TPSA) is 40.5 Å². The highest BCUT2D eigenvalue weighted by Crippen LogP contribution is 2.32. The number of carbonyl (C=O) groups is 1. The standard InChI is InChI=1S/C9H15NO2S/c1-6-8(2-3-13-6)10-5-7(11)4-9(10)12/h6-8,11H,2-5H2,1H3. The van der Waals surface area contributed by atoms with Gasteiger partial charge in [0.2, 0.25) is 5.91 Å². The van der Waals surface area contributed by atoms with Crippen LogP contribution >= 0.6 is 11.8 Å². The summed E-state index contributed by atoms with van der Waals surface area (Å²) in [7, 11) is 0. The molecule has 4 heteroatoms. The van der Waals surface area contributed by atoms with Gasteiger partial charge in [0, 0.05) is 17.8 Å². The molecule has 0 bridgehead atoms. The number of thioether (sulfide) groups is 1. The molecule has 0 aromatic rings. The third-order valence-corrected chi connectivity index (χ3v) is 4.19. The maximum atomic E-state index is 11.5. The van der Waals surface area contributed by atoms with Crippen molar-refractivity contribution in [2.24, 2.45) is 0 Å². The van der Waals surface area contributed by atoms with Crippen LogP contribution in [0.5, 0.6) is 0 Å². The van der Waals surface area contributed by atoms with E-state index in [1.165, 1.54) is 0 Å². The maximum absolute atomic E-state index is 11.5. The summed E-state index contributed by atoms with van der Waals surface area (Å²) in [5.41, 5.74) is 0. The third-order valence-electron chi connectivity index (χ3n) is 2.87. The summed E-state index contributed by atoms with van der Waals surface area (Å²) < 4.78 is 0. The van der Waals surface area contributed by atoms with Crippen LogP contribution in [-0.2, 0) is 4.79 Å². The Morgan fingerprint density at radius 2 is 2.38 bits per heavy atom. The highest BCUT2D eigenvalue weighted by Gasteiger charge is 2.37. The number of likely N-dealkylation sites (tertiary alicyclic amines) is 1. The number of amides is 1. The fourth-order valence-electron chi connectivity index (χ4n) is 2.16. The predicted molar refractivity (Wildman–Crippen MR) is 52.7 cm³/mol. The Hall–Kier alpha value is -0.220. The van der Waals surface area contributed by atoms with Crippen molar-refractivity contribution in [2.45, 2.75) is 37.2 Å². The molecular formula is C9H15NO2S. The van der Waals surface area contributed by atoms with E-state index in [2.05, 4.69) is 6.92 Å². The molecule has 0 aromatic carbocycles. The average Bonchev–Trinajstić information content (AvgIpc) is 2.58. The molecule has 3 nitrogen and oxygen atoms in total. The van der Waals surface area contributed by atoms with E-state index in [0.717, 1.165) is 12.2 Å². The summed E-state index contributed by atoms with van der Waals surface area (Å²) in [6.07, 6.45) is 0.989. The average molecular weight is 201 g/mol. The molecule has 0 aromatic heterocycles. The van der Waals surface area contributed by atoms with E-state index in [0.29, 0.717) is 24.3 Å². The van der Waals surface area contributed by atoms with Crippen molar-refractivity contribution in [1.82, 2.24) is 4.90 Å². The molecule has 2 rings (SSSR count). The molecule has 3 atom stereocenters. The van der Waals surface area contributed by atoms with Crippen LogP contribution in [-0.4, -0.2) is 45.6 Å². The molecule has 1 N–H and O–H groups in total. The lowest BCUT2D eigenvalue weighted by Crippen LogP contribution is -2.40. The number of hydrogen-bond acceptors (Lipinski definition) is 3. The maximum Gasteiger partial charge on any atom is 0.225 e. The SMILES string of the molecule is CC1SCCC1N1CC(O)CC1=O. The third kappa shape index (κ3) is 1.70. The van der Waals surface area contributed by atoms with E-state index in [4.69, 9.17) is 0 Å². The molecule has 2 heterocycles. The van der Waals surface area contributed by atoms with Crippen molar-refractivity contribution < 1.29 is 9.90 Å². The van der Waals surface area contributed by atoms with Gasteiger partial charge < -0.3 is 10.0 Å². The molecule has 2 fully saturated rings. The van der Waals surface area contributed by atoms with Crippen LogP contribution < -0.4 is 0 Å². The second kappa shape index (κ2) is 3.50. The fraction of sp³-hybridized carbons (Fsp3) is 0.889. The zero-order chi connectivity index (χ0) is 9.42. The van der Waals surface area contributed by atoms with Crippen molar-refractivity contribution in [2.75, 3.05) is 12.3 Å². The van der Waals surface area contributed by atoms with E-state index < -0.39 is 6.10 Å². The fourth-order valence-corrected chi connectivity index (χ4v) is 3.42. The van der Waals surface area contributed by atoms with Crippen LogP contribution in [0.2, 0.25) is 0 Å². The first-order valence-corrected chi connectivity index (χ1v) is 5.82. The van der Waals surface area contributed by atoms with Crippen LogP contribution in [0.1, 0.15) is 19.8 Å². The zero-order valence-electron chi connectivity index (χ0n) is 7.77. The molecule has 2 saturated heterocycles. The summed E-state index contributed by atoms with van der Waals surface area (Å²) in [5, 5.41) is 9.88. The predicted octanol–water partition coefficient (Wildman–Crippen LogP) is 0.474. The highest BCUT2D eigenvalue weighted by atomic mass is 32.2. The van der Waals surface area contributed by atoms with Crippen LogP contribution in [0.25, 0.3) is 0 Å². The van der Waals surface area contributed by atoms with E-state index in [-0.39, 0.29) is 5.91 Å². The van der Waals surface area contributed by atoms with Crippen LogP contribution in [0.4, 0.5) is 0 Å². The summed E-state index contributed by atoms with van der Waals surface area (Å²) in [6, 6.07) is 0.370. The minimum absolute atomic E-state index is 0.131. The lowest BCUT2D eigenvalue weighted by molar-refractivity contribution is -0.129. The number of β-amino-alcohol motifs (C(OH)–C–C–N with tert-alkyl or cyclic N) is 1. The number of hydrogen-bond donors (Lipinski definition) is 1. The van der Waals surface area contributed by atoms with Gasteiger partial charge in [0.05, 0.1) is 12.5 Å². The van der Waals surface area contributed by atoms with Crippen LogP contribution in [0, 0.1) is 0 Å². The lowest BCUT2D eigenvalue weighted by atomic mass is 10.1. The molecule has 0 radical (unpaired) electrons. The molecule has 0 aliphatic carbocycles. The van der Waals surface area contributed by atoms with Crippen LogP contribution in [0.15, 0.2) is 0 Å². The second-order valence-electron chi connectivity index (χ2n) is 3.84. The van der Waals surface area contributed by atoms with Gasteiger partial charge in [-0.3, -0.25) is 4.79 Å². The molecule has 13 heavy (non-hydrogen) atoms. The number of aliphatic hydroxyl groups is 1. The van der Waals surface area contributed by atoms with Crippen molar-refractivity contribution in [3.8, 4) is 0 Å². The molecule has 2 aliphatic heterocycles. The summed E-state index contributed by atoms with van der Waals surface area (Å²) >= 11 is 1.92. The Labute approximate surface area is 82.5 Å². The molecule has 74 valence electrons. The van der Waals surface area contributed by atoms with Crippen molar-refractivity contribution >= 4 is 17.7 Å². The Bertz CT molecular complexity index is 222. The zero-order valence-corrected chi connectivity index (χ0v) is 8.59. The van der Waals surface area contributed by atoms with Gasteiger partial charge in [0.15, 0.2) is 0 Å². The van der Waals surface area contributed by atoms with Gasteiger partial charge in [0.1, 0.15) is 0 Å². The number of rotatable bonds is 1. The van der Waals surface area contributed by atoms with Gasteiger partial charge >= 0.3 is 0 Å². The smallest absolute Gasteiger partial charge is 0.225 e. The van der Waals surface area contributed by atoms with Crippen molar-refractivity contribution in [3.63, 3.8) is 0 Å². The number of carbonyl (C=O) groups excluding carboxylic acids is 1. The normalized spacial score (nSPS) is 40.3. The summed E-state index contributed by atoms with van der Waals surface area (Å²) in [6.45, 7) is 2.72. The van der Waals surface area contributed by atoms with Gasteiger partial charge in [-0.25, -0.2) is 0 Å². The van der Waals surface area contributed by atoms with Gasteiger partial charge in [-0.15, -0.1) is 0 Å². The summed E-state index contributed by atoms with van der Waals surface area (Å²) in [4.78, 5) is 13.3. The van der Waals surface area contributed by atoms with Gasteiger partial charge in [0.25, 0.3) is 0 Å². The molecule has 0 saturated carbocycles. The minimum Gasteiger partial charge on any atom is -0.391 e. The van der Waals surface area contributed by atoms with E-state index in [1.54, 1.807) is 0 Å². The monoisotopic (exact) mass is 201 g/mol. The van der Waals surface area contributed by atoms with Crippen molar-refractivity contribution in [3.05, 3.63) is 0 Å². The highest BCUT2D eigenvalue weighted by molar-refractivity contribution is 8.00. The molecule has 0 spiro atoms. The number of nitrogens with zero attached hydrogens (tertiary/aromatic N) is 1. The lowest BCUT2D eigenvalue weighted by Gasteiger charge is -2.26. The largest absolute Gasteiger partial charge is 0.391 e. The summed E-state index contributed by atoms with van der Waals surface area (Å²) in [5.74, 6) is 1.28. The number of aliphatic hydroxyl groups excluding tert-OH is 1. The molecule has 3 unspecified atom stereocenters. The van der Waals surface area contributed by atoms with Gasteiger partial charge in [-0.1, -0.05) is 6.92 Å². The Balaban J connectivity index is 2.04. The van der Waals surface area contributed by atoms with E-state index in [1.807, 2.05) is 16.7 Å². The van der Waals surface area contributed by atoms with Gasteiger partial charge in [-0.05, 0) is 12.2 Å². The van der Waals surface area contributed by atoms with Crippen molar-refractivity contribution in [1.29, 1.82) is 0 Å². The first-order valence-electron chi connectivity index (χ1n) is 4.77. The minimum atomic E-state index is -0.426. The molecule has 2 aliphatic rings. The van der Waals surface area contributed by atoms with E-state index >= 15 is 0 Å². The van der Waals surface area contributed by atoms with Gasteiger partial charge in [-0.2, -0.15) is 11.8 Å². The Kier molecular flexibility index (Phi) is 2.51. The second-order valence-corrected chi connectivity index (χ2v) is 5.32. The quantitative estimate of drug-likeness (QED) is 0.670. The Morgan fingerprint density at radius 1 is 1.62 bits per heavy atom. The first-order chi connectivity index (χ1) is 6.18. The Morgan fingerprint density at radius 3 is 2.85 bits per heavy atom. The van der Waals surface area contributed by atoms with Crippen LogP contribution in [0.3, 0.4) is 0 Å². The molecular weight excluding hydrogens is 186 g/mol.